The van der Waals surface area contributed by atoms with Gasteiger partial charge in [-0.25, -0.2) is 10.1 Å². The number of nitrogens with zero attached hydrogens (tertiary/aromatic N) is 2. The molecule has 0 atom stereocenters. The van der Waals surface area contributed by atoms with Crippen LogP contribution < -0.4 is 4.90 Å². The normalized spacial score (nSPS) is 9.90. The van der Waals surface area contributed by atoms with Gasteiger partial charge in [0.15, 0.2) is 0 Å². The molecule has 0 N–H and O–H groups in total. The van der Waals surface area contributed by atoms with Crippen molar-refractivity contribution >= 4 is 16.3 Å². The van der Waals surface area contributed by atoms with Crippen molar-refractivity contribution < 1.29 is 5.11 Å². The molecule has 0 saturated heterocycles. The van der Waals surface area contributed by atoms with E-state index in [0.717, 1.165) is 5.00 Å². The number of thiazole rings is 1. The summed E-state index contributed by atoms with van der Waals surface area (Å²) in [6.07, 6.45) is 1.72. The molecule has 1 radical (unpaired) electrons. The van der Waals surface area contributed by atoms with Crippen molar-refractivity contribution in [1.82, 2.24) is 4.98 Å². The minimum absolute atomic E-state index is 0.210. The predicted molar refractivity (Wildman–Crippen MR) is 40.8 cm³/mol. The molecule has 1 aromatic heterocycles. The van der Waals surface area contributed by atoms with Gasteiger partial charge in [0, 0.05) is 14.1 Å². The summed E-state index contributed by atoms with van der Waals surface area (Å²) in [5.74, 6) is 0. The van der Waals surface area contributed by atoms with Crippen LogP contribution in [0.1, 0.15) is 5.01 Å². The van der Waals surface area contributed by atoms with Crippen molar-refractivity contribution in [2.75, 3.05) is 19.0 Å². The monoisotopic (exact) mass is 157 g/mol. The van der Waals surface area contributed by atoms with Crippen LogP contribution in [-0.4, -0.2) is 19.1 Å². The first-order valence-corrected chi connectivity index (χ1v) is 3.76. The first-order chi connectivity index (χ1) is 4.74. The Kier molecular flexibility index (Phi) is 2.24. The first kappa shape index (κ1) is 7.50. The van der Waals surface area contributed by atoms with Gasteiger partial charge in [0.25, 0.3) is 0 Å². The molecule has 0 fully saturated rings. The Morgan fingerprint density at radius 1 is 1.70 bits per heavy atom. The van der Waals surface area contributed by atoms with Crippen molar-refractivity contribution in [2.45, 2.75) is 6.61 Å². The second kappa shape index (κ2) is 2.98. The third kappa shape index (κ3) is 1.46. The van der Waals surface area contributed by atoms with E-state index in [4.69, 9.17) is 0 Å². The zero-order valence-corrected chi connectivity index (χ0v) is 6.81. The van der Waals surface area contributed by atoms with Gasteiger partial charge in [-0.2, -0.15) is 0 Å². The quantitative estimate of drug-likeness (QED) is 0.645. The van der Waals surface area contributed by atoms with Crippen molar-refractivity contribution in [1.29, 1.82) is 0 Å². The molecule has 1 rings (SSSR count). The Morgan fingerprint density at radius 3 is 2.70 bits per heavy atom. The van der Waals surface area contributed by atoms with Crippen LogP contribution in [0.3, 0.4) is 0 Å². The molecular weight excluding hydrogens is 148 g/mol. The van der Waals surface area contributed by atoms with E-state index < -0.39 is 0 Å². The Morgan fingerprint density at radius 2 is 2.40 bits per heavy atom. The molecule has 10 heavy (non-hydrogen) atoms. The van der Waals surface area contributed by atoms with Crippen LogP contribution in [-0.2, 0) is 11.7 Å². The Balaban J connectivity index is 2.78. The smallest absolute Gasteiger partial charge is 0.134 e. The summed E-state index contributed by atoms with van der Waals surface area (Å²) in [6, 6.07) is 0. The molecule has 0 aromatic carbocycles. The topological polar surface area (TPSA) is 36.0 Å². The molecule has 0 spiro atoms. The molecule has 0 amide bonds. The van der Waals surface area contributed by atoms with E-state index in [1.165, 1.54) is 11.3 Å². The summed E-state index contributed by atoms with van der Waals surface area (Å²) in [4.78, 5) is 5.86. The maximum Gasteiger partial charge on any atom is 0.134 e. The molecular formula is C6H9N2OS. The molecule has 0 bridgehead atoms. The maximum atomic E-state index is 10.3. The van der Waals surface area contributed by atoms with E-state index in [1.54, 1.807) is 6.20 Å². The van der Waals surface area contributed by atoms with E-state index in [2.05, 4.69) is 4.98 Å². The van der Waals surface area contributed by atoms with Gasteiger partial charge in [-0.15, -0.1) is 0 Å². The fourth-order valence-electron chi connectivity index (χ4n) is 0.574. The standard InChI is InChI=1S/C6H9N2OS/c1-8(2)6-3-7-5(4-9)10-6/h3H,4H2,1-2H3. The highest BCUT2D eigenvalue weighted by Crippen LogP contribution is 2.20. The average molecular weight is 157 g/mol. The molecule has 0 aliphatic rings. The first-order valence-electron chi connectivity index (χ1n) is 2.94. The summed E-state index contributed by atoms with van der Waals surface area (Å²) >= 11 is 1.44. The molecule has 0 aliphatic heterocycles. The third-order valence-electron chi connectivity index (χ3n) is 1.11. The summed E-state index contributed by atoms with van der Waals surface area (Å²) in [5, 5.41) is 12.0. The Labute approximate surface area is 63.9 Å². The van der Waals surface area contributed by atoms with E-state index in [1.807, 2.05) is 19.0 Å². The lowest BCUT2D eigenvalue weighted by Gasteiger charge is -2.05. The Bertz CT molecular complexity index is 209. The minimum Gasteiger partial charge on any atom is -0.368 e. The average Bonchev–Trinajstić information content (AvgIpc) is 2.34. The van der Waals surface area contributed by atoms with Crippen LogP contribution in [0.2, 0.25) is 0 Å². The van der Waals surface area contributed by atoms with Gasteiger partial charge in [-0.3, -0.25) is 0 Å². The van der Waals surface area contributed by atoms with Gasteiger partial charge in [-0.05, 0) is 0 Å². The molecule has 0 aliphatic carbocycles. The number of hydrogen-bond acceptors (Lipinski definition) is 3. The van der Waals surface area contributed by atoms with Crippen molar-refractivity contribution in [3.8, 4) is 0 Å². The fraction of sp³-hybridized carbons (Fsp3) is 0.500. The van der Waals surface area contributed by atoms with E-state index in [9.17, 15) is 5.11 Å². The fourth-order valence-corrected chi connectivity index (χ4v) is 1.27. The lowest BCUT2D eigenvalue weighted by Crippen LogP contribution is -2.05. The van der Waals surface area contributed by atoms with E-state index >= 15 is 0 Å². The third-order valence-corrected chi connectivity index (χ3v) is 2.24. The SMILES string of the molecule is CN(C)c1cnc(C[O])s1. The zero-order valence-electron chi connectivity index (χ0n) is 6.00. The van der Waals surface area contributed by atoms with E-state index in [0.29, 0.717) is 5.01 Å². The number of rotatable bonds is 2. The second-order valence-corrected chi connectivity index (χ2v) is 3.22. The lowest BCUT2D eigenvalue weighted by molar-refractivity contribution is 0.177. The summed E-state index contributed by atoms with van der Waals surface area (Å²) in [6.45, 7) is -0.210. The van der Waals surface area contributed by atoms with Crippen LogP contribution in [0.5, 0.6) is 0 Å². The minimum atomic E-state index is -0.210. The Hall–Kier alpha value is -0.610. The predicted octanol–water partition coefficient (Wildman–Crippen LogP) is 1.14. The highest BCUT2D eigenvalue weighted by Gasteiger charge is 2.01. The second-order valence-electron chi connectivity index (χ2n) is 2.13. The van der Waals surface area contributed by atoms with Gasteiger partial charge in [0.1, 0.15) is 16.6 Å². The number of aromatic nitrogens is 1. The molecule has 1 aromatic rings. The van der Waals surface area contributed by atoms with Crippen molar-refractivity contribution in [3.63, 3.8) is 0 Å². The van der Waals surface area contributed by atoms with Crippen LogP contribution in [0.15, 0.2) is 6.20 Å². The molecule has 4 heteroatoms. The van der Waals surface area contributed by atoms with Crippen LogP contribution in [0.4, 0.5) is 5.00 Å². The number of hydrogen-bond donors (Lipinski definition) is 0. The molecule has 55 valence electrons. The largest absolute Gasteiger partial charge is 0.368 e. The zero-order chi connectivity index (χ0) is 7.56. The van der Waals surface area contributed by atoms with E-state index in [-0.39, 0.29) is 6.61 Å². The van der Waals surface area contributed by atoms with Gasteiger partial charge in [0.2, 0.25) is 0 Å². The van der Waals surface area contributed by atoms with Gasteiger partial charge in [-0.1, -0.05) is 11.3 Å². The van der Waals surface area contributed by atoms with Crippen molar-refractivity contribution in [3.05, 3.63) is 11.2 Å². The molecule has 0 unspecified atom stereocenters. The summed E-state index contributed by atoms with van der Waals surface area (Å²) in [5.41, 5.74) is 0. The summed E-state index contributed by atoms with van der Waals surface area (Å²) in [7, 11) is 3.87. The highest BCUT2D eigenvalue weighted by molar-refractivity contribution is 7.15. The van der Waals surface area contributed by atoms with Crippen LogP contribution in [0, 0.1) is 0 Å². The lowest BCUT2D eigenvalue weighted by atomic mass is 10.7. The highest BCUT2D eigenvalue weighted by atomic mass is 32.1. The molecule has 3 nitrogen and oxygen atoms in total. The summed E-state index contributed by atoms with van der Waals surface area (Å²) < 4.78 is 0. The molecule has 0 saturated carbocycles. The van der Waals surface area contributed by atoms with Crippen molar-refractivity contribution in [2.24, 2.45) is 0 Å². The van der Waals surface area contributed by atoms with Gasteiger partial charge in [0.05, 0.1) is 6.20 Å². The number of anilines is 1. The van der Waals surface area contributed by atoms with Gasteiger partial charge >= 0.3 is 0 Å². The van der Waals surface area contributed by atoms with Crippen LogP contribution >= 0.6 is 11.3 Å². The maximum absolute atomic E-state index is 10.3. The van der Waals surface area contributed by atoms with Gasteiger partial charge < -0.3 is 4.90 Å². The molecule has 1 heterocycles. The van der Waals surface area contributed by atoms with Crippen LogP contribution in [0.25, 0.3) is 0 Å².